The van der Waals surface area contributed by atoms with E-state index < -0.39 is 0 Å². The number of carbonyl (C=O) groups excluding carboxylic acids is 1. The maximum atomic E-state index is 12.1. The molecule has 0 saturated heterocycles. The minimum absolute atomic E-state index is 0.0460. The molecule has 0 aromatic rings. The van der Waals surface area contributed by atoms with E-state index >= 15 is 0 Å². The van der Waals surface area contributed by atoms with Crippen molar-refractivity contribution in [1.29, 1.82) is 0 Å². The van der Waals surface area contributed by atoms with Gasteiger partial charge in [0.2, 0.25) is 5.91 Å². The van der Waals surface area contributed by atoms with Gasteiger partial charge in [0.1, 0.15) is 12.2 Å². The first-order valence-corrected chi connectivity index (χ1v) is 7.18. The Morgan fingerprint density at radius 3 is 3.00 bits per heavy atom. The molecule has 0 radical (unpaired) electrons. The highest BCUT2D eigenvalue weighted by Gasteiger charge is 2.48. The smallest absolute Gasteiger partial charge is 0.240 e. The van der Waals surface area contributed by atoms with Crippen LogP contribution >= 0.6 is 0 Å². The van der Waals surface area contributed by atoms with E-state index in [9.17, 15) is 4.79 Å². The fourth-order valence-corrected chi connectivity index (χ4v) is 3.56. The average Bonchev–Trinajstić information content (AvgIpc) is 2.80. The highest BCUT2D eigenvalue weighted by atomic mass is 16.2. The van der Waals surface area contributed by atoms with Crippen molar-refractivity contribution in [3.05, 3.63) is 18.3 Å². The molecule has 0 bridgehead atoms. The number of amides is 1. The Morgan fingerprint density at radius 1 is 1.40 bits per heavy atom. The number of pyridine rings is 1. The van der Waals surface area contributed by atoms with Gasteiger partial charge in [0.15, 0.2) is 5.82 Å². The van der Waals surface area contributed by atoms with Crippen molar-refractivity contribution in [2.24, 2.45) is 5.41 Å². The Labute approximate surface area is 116 Å². The van der Waals surface area contributed by atoms with Crippen molar-refractivity contribution in [3.8, 4) is 11.5 Å². The zero-order valence-corrected chi connectivity index (χ0v) is 11.2. The van der Waals surface area contributed by atoms with Crippen LogP contribution in [0.1, 0.15) is 32.1 Å². The molecule has 2 aliphatic heterocycles. The van der Waals surface area contributed by atoms with Crippen molar-refractivity contribution in [2.45, 2.75) is 44.7 Å². The molecule has 6 heteroatoms. The molecule has 2 fully saturated rings. The van der Waals surface area contributed by atoms with Gasteiger partial charge in [0.05, 0.1) is 0 Å². The molecule has 0 unspecified atom stereocenters. The Bertz CT molecular complexity index is 610. The summed E-state index contributed by atoms with van der Waals surface area (Å²) in [5.74, 6) is 0.705. The third-order valence-corrected chi connectivity index (χ3v) is 4.77. The highest BCUT2D eigenvalue weighted by Crippen LogP contribution is 2.55. The van der Waals surface area contributed by atoms with Gasteiger partial charge in [-0.2, -0.15) is 0 Å². The largest absolute Gasteiger partial charge is 0.352 e. The number of aromatic nitrogens is 4. The van der Waals surface area contributed by atoms with Crippen molar-refractivity contribution in [2.75, 3.05) is 0 Å². The molecule has 1 spiro atoms. The van der Waals surface area contributed by atoms with Gasteiger partial charge in [-0.3, -0.25) is 4.79 Å². The first kappa shape index (κ1) is 11.8. The average molecular weight is 271 g/mol. The lowest BCUT2D eigenvalue weighted by Gasteiger charge is -2.54. The van der Waals surface area contributed by atoms with Crippen LogP contribution in [0.3, 0.4) is 0 Å². The van der Waals surface area contributed by atoms with E-state index in [1.807, 2.05) is 18.3 Å². The van der Waals surface area contributed by atoms with Gasteiger partial charge >= 0.3 is 0 Å². The number of hydrogen-bond donors (Lipinski definition) is 1. The summed E-state index contributed by atoms with van der Waals surface area (Å²) in [5.41, 5.74) is 1.31. The second-order valence-corrected chi connectivity index (χ2v) is 6.16. The van der Waals surface area contributed by atoms with Crippen LogP contribution in [0.2, 0.25) is 0 Å². The number of fused-ring (bicyclic) bond motifs is 1. The van der Waals surface area contributed by atoms with Crippen LogP contribution in [0.25, 0.3) is 11.5 Å². The van der Waals surface area contributed by atoms with Gasteiger partial charge in [-0.15, -0.1) is 10.2 Å². The summed E-state index contributed by atoms with van der Waals surface area (Å²) in [7, 11) is 0. The van der Waals surface area contributed by atoms with E-state index in [0.717, 1.165) is 18.5 Å². The monoisotopic (exact) mass is 271 g/mol. The standard InChI is InChI=1S/C14H17N5O/c20-12(15-10-7-14(8-10)4-2-5-14)9-19-6-1-3-11-13(19)17-18-16-11/h1,3,6,10H,2,4-5,7-9H2,(H,15,20). The van der Waals surface area contributed by atoms with E-state index in [1.165, 1.54) is 19.3 Å². The highest BCUT2D eigenvalue weighted by molar-refractivity contribution is 5.76. The fourth-order valence-electron chi connectivity index (χ4n) is 3.56. The fraction of sp³-hybridized carbons (Fsp3) is 0.571. The molecule has 0 aromatic carbocycles. The second kappa shape index (κ2) is 4.26. The van der Waals surface area contributed by atoms with Crippen molar-refractivity contribution in [3.63, 3.8) is 0 Å². The molecule has 2 aliphatic carbocycles. The molecule has 6 nitrogen and oxygen atoms in total. The predicted octanol–water partition coefficient (Wildman–Crippen LogP) is 1.23. The molecule has 1 N–H and O–H groups in total. The van der Waals surface area contributed by atoms with Gasteiger partial charge in [-0.05, 0) is 48.4 Å². The Balaban J connectivity index is 1.37. The van der Waals surface area contributed by atoms with E-state index in [2.05, 4.69) is 20.7 Å². The van der Waals surface area contributed by atoms with Gasteiger partial charge in [0, 0.05) is 12.2 Å². The lowest BCUT2D eigenvalue weighted by molar-refractivity contribution is -0.125. The number of rotatable bonds is 3. The van der Waals surface area contributed by atoms with Crippen LogP contribution in [-0.4, -0.2) is 31.9 Å². The predicted molar refractivity (Wildman–Crippen MR) is 71.9 cm³/mol. The molecule has 0 atom stereocenters. The van der Waals surface area contributed by atoms with E-state index in [0.29, 0.717) is 17.3 Å². The Morgan fingerprint density at radius 2 is 2.25 bits per heavy atom. The first-order chi connectivity index (χ1) is 9.74. The summed E-state index contributed by atoms with van der Waals surface area (Å²) >= 11 is 0. The zero-order chi connectivity index (χ0) is 13.6. The van der Waals surface area contributed by atoms with Crippen LogP contribution < -0.4 is 5.32 Å². The molecule has 1 amide bonds. The molecule has 4 aliphatic rings. The summed E-state index contributed by atoms with van der Waals surface area (Å²) < 4.78 is 1.79. The van der Waals surface area contributed by atoms with Gasteiger partial charge in [-0.1, -0.05) is 6.42 Å². The summed E-state index contributed by atoms with van der Waals surface area (Å²) in [5, 5.41) is 14.6. The van der Waals surface area contributed by atoms with E-state index in [-0.39, 0.29) is 12.5 Å². The van der Waals surface area contributed by atoms with Gasteiger partial charge in [0.25, 0.3) is 0 Å². The van der Waals surface area contributed by atoms with Crippen LogP contribution in [-0.2, 0) is 11.3 Å². The van der Waals surface area contributed by atoms with Crippen LogP contribution in [0.4, 0.5) is 0 Å². The van der Waals surface area contributed by atoms with Crippen molar-refractivity contribution < 1.29 is 4.79 Å². The maximum absolute atomic E-state index is 12.1. The summed E-state index contributed by atoms with van der Waals surface area (Å²) in [6.45, 7) is 0.279. The van der Waals surface area contributed by atoms with Crippen LogP contribution in [0.15, 0.2) is 18.3 Å². The Hall–Kier alpha value is -1.98. The number of hydrogen-bond acceptors (Lipinski definition) is 4. The number of nitrogens with one attached hydrogen (secondary N) is 1. The van der Waals surface area contributed by atoms with Gasteiger partial charge < -0.3 is 9.88 Å². The van der Waals surface area contributed by atoms with Crippen molar-refractivity contribution in [1.82, 2.24) is 25.3 Å². The van der Waals surface area contributed by atoms with Crippen molar-refractivity contribution >= 4 is 5.91 Å². The number of carbonyl (C=O) groups is 1. The normalized spacial score (nSPS) is 20.6. The third kappa shape index (κ3) is 1.87. The summed E-state index contributed by atoms with van der Waals surface area (Å²) in [4.78, 5) is 12.1. The minimum Gasteiger partial charge on any atom is -0.352 e. The van der Waals surface area contributed by atoms with E-state index in [4.69, 9.17) is 0 Å². The molecular weight excluding hydrogens is 254 g/mol. The zero-order valence-electron chi connectivity index (χ0n) is 11.2. The maximum Gasteiger partial charge on any atom is 0.240 e. The summed E-state index contributed by atoms with van der Waals surface area (Å²) in [6.07, 6.45) is 8.22. The quantitative estimate of drug-likeness (QED) is 0.911. The van der Waals surface area contributed by atoms with Gasteiger partial charge in [-0.25, -0.2) is 0 Å². The molecular formula is C14H17N5O. The van der Waals surface area contributed by atoms with Crippen LogP contribution in [0.5, 0.6) is 0 Å². The molecule has 2 heterocycles. The molecule has 20 heavy (non-hydrogen) atoms. The lowest BCUT2D eigenvalue weighted by atomic mass is 9.54. The molecule has 2 saturated carbocycles. The lowest BCUT2D eigenvalue weighted by Crippen LogP contribution is -2.54. The SMILES string of the molecule is O=C(Cn1cccc2nnnc1-2)NC1CC2(CCC2)C1. The molecule has 0 aromatic heterocycles. The van der Waals surface area contributed by atoms with E-state index in [1.54, 1.807) is 4.57 Å². The topological polar surface area (TPSA) is 72.7 Å². The Kier molecular flexibility index (Phi) is 2.52. The molecule has 4 rings (SSSR count). The molecule has 104 valence electrons. The van der Waals surface area contributed by atoms with Crippen LogP contribution in [0, 0.1) is 5.41 Å². The summed E-state index contributed by atoms with van der Waals surface area (Å²) in [6, 6.07) is 4.07. The number of nitrogens with zero attached hydrogens (tertiary/aromatic N) is 4. The second-order valence-electron chi connectivity index (χ2n) is 6.16. The third-order valence-electron chi connectivity index (χ3n) is 4.77. The minimum atomic E-state index is 0.0460. The first-order valence-electron chi connectivity index (χ1n) is 7.18.